The van der Waals surface area contributed by atoms with Gasteiger partial charge in [-0.05, 0) is 17.7 Å². The third kappa shape index (κ3) is 39.3. The first-order valence-electron chi connectivity index (χ1n) is 5.77. The Morgan fingerprint density at radius 3 is 1.43 bits per heavy atom. The summed E-state index contributed by atoms with van der Waals surface area (Å²) in [5.41, 5.74) is 0. The molecule has 0 aliphatic heterocycles. The Labute approximate surface area is 166 Å². The molecule has 1 N–H and O–H groups in total. The van der Waals surface area contributed by atoms with Gasteiger partial charge in [0.2, 0.25) is 11.4 Å². The lowest BCUT2D eigenvalue weighted by Crippen LogP contribution is -2.24. The van der Waals surface area contributed by atoms with Crippen molar-refractivity contribution in [3.05, 3.63) is 12.7 Å². The fourth-order valence-corrected chi connectivity index (χ4v) is 0.406. The van der Waals surface area contributed by atoms with Crippen LogP contribution in [0.2, 0.25) is 0 Å². The lowest BCUT2D eigenvalue weighted by atomic mass is 10.4. The van der Waals surface area contributed by atoms with Crippen molar-refractivity contribution in [3.63, 3.8) is 0 Å². The summed E-state index contributed by atoms with van der Waals surface area (Å²) >= 11 is 4.71. The highest BCUT2D eigenvalue weighted by molar-refractivity contribution is 6.66. The molecule has 15 heteroatoms. The first-order chi connectivity index (χ1) is 12.1. The molecular formula is C13H24BClF7O6. The van der Waals surface area contributed by atoms with Crippen molar-refractivity contribution in [2.75, 3.05) is 28.0 Å². The van der Waals surface area contributed by atoms with Gasteiger partial charge in [0.05, 0.1) is 14.2 Å². The highest BCUT2D eigenvalue weighted by Gasteiger charge is 2.28. The number of rotatable bonds is 5. The second kappa shape index (κ2) is 36.1. The molecule has 0 spiro atoms. The van der Waals surface area contributed by atoms with E-state index in [9.17, 15) is 36.3 Å². The molecule has 0 fully saturated rings. The van der Waals surface area contributed by atoms with Crippen molar-refractivity contribution in [2.24, 2.45) is 0 Å². The normalized spacial score (nSPS) is 9.61. The van der Waals surface area contributed by atoms with Crippen LogP contribution in [0.3, 0.4) is 0 Å². The average Bonchev–Trinajstić information content (AvgIpc) is 2.69. The van der Waals surface area contributed by atoms with E-state index in [1.807, 2.05) is 0 Å². The van der Waals surface area contributed by atoms with Gasteiger partial charge in [-0.2, -0.15) is 0 Å². The van der Waals surface area contributed by atoms with Gasteiger partial charge < -0.3 is 14.6 Å². The smallest absolute Gasteiger partial charge is 0.346 e. The highest BCUT2D eigenvalue weighted by atomic mass is 35.5. The van der Waals surface area contributed by atoms with Crippen LogP contribution in [0.15, 0.2) is 12.7 Å². The van der Waals surface area contributed by atoms with Crippen molar-refractivity contribution in [1.29, 1.82) is 0 Å². The molecule has 0 saturated carbocycles. The summed E-state index contributed by atoms with van der Waals surface area (Å²) in [6.07, 6.45) is -7.17. The number of hydrogen-bond donors (Lipinski definition) is 1. The van der Waals surface area contributed by atoms with Gasteiger partial charge in [0.15, 0.2) is 0 Å². The maximum absolute atomic E-state index is 11.7. The molecule has 2 unspecified atom stereocenters. The van der Waals surface area contributed by atoms with Crippen LogP contribution >= 0.6 is 11.6 Å². The molecule has 0 heterocycles. The highest BCUT2D eigenvalue weighted by Crippen LogP contribution is 2.05. The number of carbonyl (C=O) groups is 3. The number of carbonyl (C=O) groups excluding carboxylic acids is 3. The molecule has 0 aromatic carbocycles. The number of aliphatic hydroxyl groups is 1. The first kappa shape index (κ1) is 45.1. The zero-order chi connectivity index (χ0) is 22.3. The fraction of sp³-hybridized carbons (Fsp3) is 0.615. The van der Waals surface area contributed by atoms with E-state index in [1.165, 1.54) is 0 Å². The van der Waals surface area contributed by atoms with Crippen LogP contribution in [0.5, 0.6) is 0 Å². The Bertz CT molecular complexity index is 375. The predicted molar refractivity (Wildman–Crippen MR) is 91.8 cm³/mol. The summed E-state index contributed by atoms with van der Waals surface area (Å²) in [5, 5.41) is 6.49. The van der Waals surface area contributed by atoms with Crippen LogP contribution in [0.1, 0.15) is 8.85 Å². The number of halogens is 8. The molecule has 171 valence electrons. The molecule has 0 aliphatic carbocycles. The Kier molecular flexibility index (Phi) is 58.2. The number of allylic oxidation sites excluding steroid dienone is 1. The van der Waals surface area contributed by atoms with E-state index >= 15 is 0 Å². The molecule has 0 saturated heterocycles. The maximum atomic E-state index is 11.7. The number of alkyl halides is 5. The average molecular weight is 457 g/mol. The van der Waals surface area contributed by atoms with Gasteiger partial charge in [-0.3, -0.25) is 4.79 Å². The van der Waals surface area contributed by atoms with E-state index in [0.29, 0.717) is 0 Å². The predicted octanol–water partition coefficient (Wildman–Crippen LogP) is 3.12. The molecule has 28 heavy (non-hydrogen) atoms. The lowest BCUT2D eigenvalue weighted by Gasteiger charge is -2.01. The van der Waals surface area contributed by atoms with E-state index < -0.39 is 42.6 Å². The standard InChI is InChI=1S/C4H5F3O2.C4H6F2O2.C3H3ClO.CH4O.CH4.B.F2.H2/c1-9-4(8)2(5)3(6)7;1-8-4(7)3(6)2-5;1-2-3(4)5;1-2;;;1-2;/h2-3H,1H3;3H,2H2,1H3;2H,1H2;2H,1H3;1H4;;;1H/i;;;;;;;1+1. The van der Waals surface area contributed by atoms with E-state index in [2.05, 4.69) is 16.1 Å². The van der Waals surface area contributed by atoms with Crippen LogP contribution in [0, 0.1) is 0 Å². The van der Waals surface area contributed by atoms with Crippen LogP contribution < -0.4 is 0 Å². The van der Waals surface area contributed by atoms with E-state index in [4.69, 9.17) is 25.9 Å². The third-order valence-electron chi connectivity index (χ3n) is 1.40. The maximum Gasteiger partial charge on any atom is 0.346 e. The zero-order valence-corrected chi connectivity index (χ0v) is 15.1. The molecule has 0 rings (SSSR count). The monoisotopic (exact) mass is 456 g/mol. The number of ether oxygens (including phenoxy) is 2. The molecule has 0 aromatic rings. The van der Waals surface area contributed by atoms with Crippen LogP contribution in [-0.4, -0.2) is 77.5 Å². The van der Waals surface area contributed by atoms with Crippen molar-refractivity contribution in [1.82, 2.24) is 0 Å². The minimum absolute atomic E-state index is 0. The molecule has 3 radical (unpaired) electrons. The van der Waals surface area contributed by atoms with Crippen LogP contribution in [0.4, 0.5) is 31.1 Å². The van der Waals surface area contributed by atoms with E-state index in [-0.39, 0.29) is 17.3 Å². The van der Waals surface area contributed by atoms with Gasteiger partial charge in [-0.1, -0.05) is 14.0 Å². The zero-order valence-electron chi connectivity index (χ0n) is 14.3. The number of methoxy groups -OCH3 is 2. The summed E-state index contributed by atoms with van der Waals surface area (Å²) < 4.78 is 80.4. The number of hydrogen-bond acceptors (Lipinski definition) is 6. The van der Waals surface area contributed by atoms with Crippen LogP contribution in [0.25, 0.3) is 0 Å². The Morgan fingerprint density at radius 2 is 1.36 bits per heavy atom. The molecule has 6 nitrogen and oxygen atoms in total. The summed E-state index contributed by atoms with van der Waals surface area (Å²) in [6, 6.07) is 0. The lowest BCUT2D eigenvalue weighted by molar-refractivity contribution is -0.152. The molecule has 0 aromatic heterocycles. The molecule has 0 bridgehead atoms. The Hall–Kier alpha value is -1.83. The van der Waals surface area contributed by atoms with Crippen molar-refractivity contribution >= 4 is 37.2 Å². The Morgan fingerprint density at radius 1 is 1.07 bits per heavy atom. The SMILES string of the molecule is C.C=CC(=O)Cl.CO.COC(=O)C(F)C(F)F.COC(=O)C(F)CF.FF.[2HH].[B]. The van der Waals surface area contributed by atoms with Gasteiger partial charge in [0, 0.05) is 26.1 Å². The first-order valence-corrected chi connectivity index (χ1v) is 6.15. The van der Waals surface area contributed by atoms with Crippen molar-refractivity contribution in [2.45, 2.75) is 26.2 Å². The van der Waals surface area contributed by atoms with E-state index in [0.717, 1.165) is 27.4 Å². The van der Waals surface area contributed by atoms with Crippen molar-refractivity contribution in [3.8, 4) is 0 Å². The topological polar surface area (TPSA) is 89.9 Å². The molecular weight excluding hydrogens is 431 g/mol. The minimum Gasteiger partial charge on any atom is -0.467 e. The molecule has 2 atom stereocenters. The van der Waals surface area contributed by atoms with Gasteiger partial charge in [-0.25, -0.2) is 31.5 Å². The van der Waals surface area contributed by atoms with E-state index in [1.54, 1.807) is 0 Å². The Balaban J connectivity index is -0.0000000341. The molecule has 0 aliphatic rings. The minimum atomic E-state index is -3.29. The second-order valence-electron chi connectivity index (χ2n) is 2.91. The largest absolute Gasteiger partial charge is 0.467 e. The summed E-state index contributed by atoms with van der Waals surface area (Å²) in [5.74, 6) is -2.70. The van der Waals surface area contributed by atoms with Crippen molar-refractivity contribution < 1.29 is 61.5 Å². The second-order valence-corrected chi connectivity index (χ2v) is 3.29. The number of aliphatic hydroxyl groups excluding tert-OH is 1. The summed E-state index contributed by atoms with van der Waals surface area (Å²) in [7, 11) is 2.85. The van der Waals surface area contributed by atoms with Gasteiger partial charge in [0.25, 0.3) is 12.6 Å². The quantitative estimate of drug-likeness (QED) is 0.225. The fourth-order valence-electron chi connectivity index (χ4n) is 0.406. The summed E-state index contributed by atoms with van der Waals surface area (Å²) in [4.78, 5) is 29.2. The summed E-state index contributed by atoms with van der Waals surface area (Å²) in [6.45, 7) is 1.77. The molecule has 0 amide bonds. The van der Waals surface area contributed by atoms with Gasteiger partial charge in [-0.15, -0.1) is 0 Å². The number of esters is 2. The van der Waals surface area contributed by atoms with Gasteiger partial charge >= 0.3 is 11.9 Å². The van der Waals surface area contributed by atoms with Gasteiger partial charge in [0.1, 0.15) is 6.67 Å². The van der Waals surface area contributed by atoms with Crippen LogP contribution in [-0.2, 0) is 23.9 Å². The third-order valence-corrected chi connectivity index (χ3v) is 1.55.